The van der Waals surface area contributed by atoms with Gasteiger partial charge in [-0.2, -0.15) is 0 Å². The number of hydrogen-bond donors (Lipinski definition) is 0. The summed E-state index contributed by atoms with van der Waals surface area (Å²) < 4.78 is 15.3. The van der Waals surface area contributed by atoms with Crippen LogP contribution in [0.15, 0.2) is 84.0 Å². The van der Waals surface area contributed by atoms with Crippen LogP contribution in [0.25, 0.3) is 17.1 Å². The van der Waals surface area contributed by atoms with Gasteiger partial charge in [-0.15, -0.1) is 10.2 Å². The molecule has 6 heteroatoms. The number of para-hydroxylation sites is 1. The Morgan fingerprint density at radius 1 is 0.893 bits per heavy atom. The van der Waals surface area contributed by atoms with Crippen LogP contribution >= 0.6 is 23.4 Å². The summed E-state index contributed by atoms with van der Waals surface area (Å²) in [5.74, 6) is 0.509. The molecule has 3 nitrogen and oxygen atoms in total. The molecule has 28 heavy (non-hydrogen) atoms. The number of thioether (sulfide) groups is 1. The highest BCUT2D eigenvalue weighted by atomic mass is 35.5. The minimum absolute atomic E-state index is 0.0883. The molecule has 0 spiro atoms. The number of nitrogens with zero attached hydrogens (tertiary/aromatic N) is 3. The molecule has 0 amide bonds. The van der Waals surface area contributed by atoms with Crippen LogP contribution < -0.4 is 0 Å². The SMILES string of the molecule is C[C@H](Sc1nnc(-c2ccc(Cl)cc2)n1-c1ccccc1)c1ccc(F)cc1. The summed E-state index contributed by atoms with van der Waals surface area (Å²) in [5, 5.41) is 10.4. The highest BCUT2D eigenvalue weighted by Crippen LogP contribution is 2.37. The highest BCUT2D eigenvalue weighted by Gasteiger charge is 2.19. The quantitative estimate of drug-likeness (QED) is 0.349. The van der Waals surface area contributed by atoms with Gasteiger partial charge in [-0.25, -0.2) is 4.39 Å². The first kappa shape index (κ1) is 18.7. The maximum Gasteiger partial charge on any atom is 0.196 e. The van der Waals surface area contributed by atoms with Crippen molar-refractivity contribution in [1.29, 1.82) is 0 Å². The zero-order valence-corrected chi connectivity index (χ0v) is 16.7. The molecule has 1 aromatic heterocycles. The third kappa shape index (κ3) is 3.96. The van der Waals surface area contributed by atoms with Crippen molar-refractivity contribution >= 4 is 23.4 Å². The van der Waals surface area contributed by atoms with Crippen molar-refractivity contribution in [3.63, 3.8) is 0 Å². The maximum absolute atomic E-state index is 13.2. The van der Waals surface area contributed by atoms with Crippen molar-refractivity contribution < 1.29 is 4.39 Å². The van der Waals surface area contributed by atoms with E-state index in [4.69, 9.17) is 11.6 Å². The third-order valence-electron chi connectivity index (χ3n) is 4.37. The van der Waals surface area contributed by atoms with E-state index in [2.05, 4.69) is 17.1 Å². The van der Waals surface area contributed by atoms with Gasteiger partial charge >= 0.3 is 0 Å². The fraction of sp³-hybridized carbons (Fsp3) is 0.0909. The molecule has 0 saturated carbocycles. The Morgan fingerprint density at radius 2 is 1.57 bits per heavy atom. The van der Waals surface area contributed by atoms with Crippen molar-refractivity contribution in [2.75, 3.05) is 0 Å². The van der Waals surface area contributed by atoms with Crippen LogP contribution in [0.5, 0.6) is 0 Å². The van der Waals surface area contributed by atoms with Gasteiger partial charge < -0.3 is 0 Å². The second-order valence-corrected chi connectivity index (χ2v) is 8.04. The van der Waals surface area contributed by atoms with Gasteiger partial charge in [0.1, 0.15) is 5.82 Å². The zero-order valence-electron chi connectivity index (χ0n) is 15.1. The first-order valence-corrected chi connectivity index (χ1v) is 10.1. The van der Waals surface area contributed by atoms with E-state index in [0.29, 0.717) is 5.02 Å². The molecule has 1 heterocycles. The zero-order chi connectivity index (χ0) is 19.5. The average molecular weight is 410 g/mol. The number of rotatable bonds is 5. The average Bonchev–Trinajstić information content (AvgIpc) is 3.13. The van der Waals surface area contributed by atoms with E-state index < -0.39 is 0 Å². The Balaban J connectivity index is 1.75. The van der Waals surface area contributed by atoms with Crippen LogP contribution in [0.4, 0.5) is 4.39 Å². The van der Waals surface area contributed by atoms with E-state index in [-0.39, 0.29) is 11.1 Å². The molecule has 0 saturated heterocycles. The largest absolute Gasteiger partial charge is 0.270 e. The molecule has 0 bridgehead atoms. The predicted molar refractivity (Wildman–Crippen MR) is 112 cm³/mol. The predicted octanol–water partition coefficient (Wildman–Crippen LogP) is 6.58. The number of hydrogen-bond acceptors (Lipinski definition) is 3. The number of aromatic nitrogens is 3. The van der Waals surface area contributed by atoms with E-state index in [9.17, 15) is 4.39 Å². The summed E-state index contributed by atoms with van der Waals surface area (Å²) >= 11 is 7.62. The minimum Gasteiger partial charge on any atom is -0.270 e. The fourth-order valence-electron chi connectivity index (χ4n) is 2.90. The molecule has 0 fully saturated rings. The molecule has 3 aromatic carbocycles. The molecule has 4 aromatic rings. The lowest BCUT2D eigenvalue weighted by atomic mass is 10.2. The van der Waals surface area contributed by atoms with Gasteiger partial charge in [-0.3, -0.25) is 4.57 Å². The van der Waals surface area contributed by atoms with Gasteiger partial charge in [0.15, 0.2) is 11.0 Å². The normalized spacial score (nSPS) is 12.1. The smallest absolute Gasteiger partial charge is 0.196 e. The number of benzene rings is 3. The molecule has 0 aliphatic heterocycles. The van der Waals surface area contributed by atoms with Crippen molar-refractivity contribution in [1.82, 2.24) is 14.8 Å². The lowest BCUT2D eigenvalue weighted by Gasteiger charge is -2.14. The van der Waals surface area contributed by atoms with Crippen molar-refractivity contribution in [2.24, 2.45) is 0 Å². The van der Waals surface area contributed by atoms with Crippen LogP contribution in [0, 0.1) is 5.82 Å². The molecule has 0 radical (unpaired) electrons. The van der Waals surface area contributed by atoms with Crippen molar-refractivity contribution in [3.8, 4) is 17.1 Å². The Bertz CT molecular complexity index is 1060. The molecule has 0 N–H and O–H groups in total. The molecule has 0 unspecified atom stereocenters. The molecular formula is C22H17ClFN3S. The summed E-state index contributed by atoms with van der Waals surface area (Å²) in [6.07, 6.45) is 0. The Hall–Kier alpha value is -2.63. The Labute approximate surface area is 172 Å². The van der Waals surface area contributed by atoms with Crippen LogP contribution in [0.3, 0.4) is 0 Å². The lowest BCUT2D eigenvalue weighted by molar-refractivity contribution is 0.627. The van der Waals surface area contributed by atoms with E-state index in [0.717, 1.165) is 27.8 Å². The molecule has 1 atom stereocenters. The third-order valence-corrected chi connectivity index (χ3v) is 5.72. The first-order valence-electron chi connectivity index (χ1n) is 8.81. The van der Waals surface area contributed by atoms with Gasteiger partial charge in [-0.1, -0.05) is 53.7 Å². The first-order chi connectivity index (χ1) is 13.6. The summed E-state index contributed by atoms with van der Waals surface area (Å²) in [6, 6.07) is 24.1. The van der Waals surface area contributed by atoms with Gasteiger partial charge in [0, 0.05) is 21.5 Å². The van der Waals surface area contributed by atoms with Gasteiger partial charge in [0.2, 0.25) is 0 Å². The molecule has 140 valence electrons. The standard InChI is InChI=1S/C22H17ClFN3S/c1-15(16-9-13-19(24)14-10-16)28-22-26-25-21(17-7-11-18(23)12-8-17)27(22)20-5-3-2-4-6-20/h2-15H,1H3/t15-/m0/s1. The van der Waals surface area contributed by atoms with E-state index >= 15 is 0 Å². The minimum atomic E-state index is -0.238. The molecule has 0 aliphatic rings. The topological polar surface area (TPSA) is 30.7 Å². The summed E-state index contributed by atoms with van der Waals surface area (Å²) in [5.41, 5.74) is 2.94. The van der Waals surface area contributed by atoms with Crippen molar-refractivity contribution in [3.05, 3.63) is 95.3 Å². The second kappa shape index (κ2) is 8.17. The monoisotopic (exact) mass is 409 g/mol. The van der Waals surface area contributed by atoms with Gasteiger partial charge in [0.25, 0.3) is 0 Å². The highest BCUT2D eigenvalue weighted by molar-refractivity contribution is 7.99. The second-order valence-electron chi connectivity index (χ2n) is 6.30. The molecule has 0 aliphatic carbocycles. The maximum atomic E-state index is 13.2. The summed E-state index contributed by atoms with van der Waals surface area (Å²) in [4.78, 5) is 0. The number of halogens is 2. The van der Waals surface area contributed by atoms with E-state index in [1.807, 2.05) is 59.2 Å². The summed E-state index contributed by atoms with van der Waals surface area (Å²) in [6.45, 7) is 2.07. The van der Waals surface area contributed by atoms with Gasteiger partial charge in [0.05, 0.1) is 0 Å². The van der Waals surface area contributed by atoms with Crippen LogP contribution in [0.2, 0.25) is 5.02 Å². The Kier molecular flexibility index (Phi) is 5.46. The van der Waals surface area contributed by atoms with Crippen LogP contribution in [-0.2, 0) is 0 Å². The van der Waals surface area contributed by atoms with Crippen LogP contribution in [-0.4, -0.2) is 14.8 Å². The van der Waals surface area contributed by atoms with E-state index in [1.165, 1.54) is 12.1 Å². The fourth-order valence-corrected chi connectivity index (χ4v) is 4.02. The van der Waals surface area contributed by atoms with Crippen molar-refractivity contribution in [2.45, 2.75) is 17.3 Å². The molecule has 4 rings (SSSR count). The van der Waals surface area contributed by atoms with E-state index in [1.54, 1.807) is 23.9 Å². The lowest BCUT2D eigenvalue weighted by Crippen LogP contribution is -2.00. The Morgan fingerprint density at radius 3 is 2.25 bits per heavy atom. The van der Waals surface area contributed by atoms with Crippen LogP contribution in [0.1, 0.15) is 17.7 Å². The van der Waals surface area contributed by atoms with Gasteiger partial charge in [-0.05, 0) is 61.0 Å². The molecular weight excluding hydrogens is 393 g/mol. The summed E-state index contributed by atoms with van der Waals surface area (Å²) in [7, 11) is 0.